The summed E-state index contributed by atoms with van der Waals surface area (Å²) >= 11 is 0. The lowest BCUT2D eigenvalue weighted by atomic mass is 10.1. The van der Waals surface area contributed by atoms with Gasteiger partial charge in [0.05, 0.1) is 7.11 Å². The van der Waals surface area contributed by atoms with Crippen molar-refractivity contribution in [1.82, 2.24) is 0 Å². The van der Waals surface area contributed by atoms with Crippen LogP contribution in [-0.2, 0) is 9.78 Å². The van der Waals surface area contributed by atoms with Gasteiger partial charge in [-0.15, -0.1) is 0 Å². The molecule has 0 atom stereocenters. The minimum absolute atomic E-state index is 0.0412. The summed E-state index contributed by atoms with van der Waals surface area (Å²) in [6.45, 7) is -0.0412. The second-order valence-corrected chi connectivity index (χ2v) is 2.22. The standard InChI is InChI=1S/C9H10O3/c1-11-12-7-9(10)8-5-3-2-4-6-8/h2-6H,7H2,1H3. The van der Waals surface area contributed by atoms with E-state index in [0.29, 0.717) is 5.56 Å². The molecule has 0 aromatic heterocycles. The first-order valence-corrected chi connectivity index (χ1v) is 3.58. The number of carbonyl (C=O) groups is 1. The van der Waals surface area contributed by atoms with Crippen LogP contribution in [0.1, 0.15) is 10.4 Å². The van der Waals surface area contributed by atoms with Gasteiger partial charge in [0.15, 0.2) is 5.78 Å². The van der Waals surface area contributed by atoms with Crippen LogP contribution in [0.3, 0.4) is 0 Å². The molecule has 0 N–H and O–H groups in total. The fraction of sp³-hybridized carbons (Fsp3) is 0.222. The van der Waals surface area contributed by atoms with Crippen molar-refractivity contribution in [1.29, 1.82) is 0 Å². The highest BCUT2D eigenvalue weighted by Gasteiger charge is 2.03. The molecule has 3 nitrogen and oxygen atoms in total. The van der Waals surface area contributed by atoms with E-state index in [1.54, 1.807) is 24.3 Å². The van der Waals surface area contributed by atoms with Gasteiger partial charge >= 0.3 is 0 Å². The minimum Gasteiger partial charge on any atom is -0.291 e. The van der Waals surface area contributed by atoms with Crippen molar-refractivity contribution in [2.24, 2.45) is 0 Å². The lowest BCUT2D eigenvalue weighted by molar-refractivity contribution is -0.261. The first kappa shape index (κ1) is 8.90. The number of carbonyl (C=O) groups excluding carboxylic acids is 1. The predicted molar refractivity (Wildman–Crippen MR) is 43.7 cm³/mol. The molecule has 0 amide bonds. The molecule has 0 aliphatic heterocycles. The van der Waals surface area contributed by atoms with E-state index < -0.39 is 0 Å². The van der Waals surface area contributed by atoms with Gasteiger partial charge in [-0.1, -0.05) is 30.3 Å². The Bertz CT molecular complexity index is 243. The number of ketones is 1. The molecule has 0 heterocycles. The maximum atomic E-state index is 11.2. The Labute approximate surface area is 70.8 Å². The molecule has 0 bridgehead atoms. The van der Waals surface area contributed by atoms with Crippen LogP contribution in [0.2, 0.25) is 0 Å². The van der Waals surface area contributed by atoms with E-state index in [9.17, 15) is 4.79 Å². The van der Waals surface area contributed by atoms with Gasteiger partial charge in [0, 0.05) is 5.56 Å². The van der Waals surface area contributed by atoms with Gasteiger partial charge in [0.25, 0.3) is 0 Å². The number of hydrogen-bond acceptors (Lipinski definition) is 3. The topological polar surface area (TPSA) is 35.5 Å². The van der Waals surface area contributed by atoms with Crippen LogP contribution in [0.15, 0.2) is 30.3 Å². The smallest absolute Gasteiger partial charge is 0.191 e. The minimum atomic E-state index is -0.0857. The molecule has 0 radical (unpaired) electrons. The van der Waals surface area contributed by atoms with Crippen LogP contribution >= 0.6 is 0 Å². The molecule has 0 aliphatic carbocycles. The zero-order valence-electron chi connectivity index (χ0n) is 6.82. The second-order valence-electron chi connectivity index (χ2n) is 2.22. The van der Waals surface area contributed by atoms with Gasteiger partial charge in [-0.3, -0.25) is 4.79 Å². The third-order valence-electron chi connectivity index (χ3n) is 1.40. The molecule has 0 saturated carbocycles. The normalized spacial score (nSPS) is 9.75. The van der Waals surface area contributed by atoms with Crippen molar-refractivity contribution in [3.63, 3.8) is 0 Å². The summed E-state index contributed by atoms with van der Waals surface area (Å²) in [7, 11) is 1.37. The molecule has 0 spiro atoms. The van der Waals surface area contributed by atoms with Crippen molar-refractivity contribution in [3.8, 4) is 0 Å². The lowest BCUT2D eigenvalue weighted by Gasteiger charge is -1.98. The van der Waals surface area contributed by atoms with E-state index in [-0.39, 0.29) is 12.4 Å². The third kappa shape index (κ3) is 2.45. The van der Waals surface area contributed by atoms with Crippen molar-refractivity contribution in [3.05, 3.63) is 35.9 Å². The highest BCUT2D eigenvalue weighted by molar-refractivity contribution is 5.96. The Morgan fingerprint density at radius 3 is 2.58 bits per heavy atom. The summed E-state index contributed by atoms with van der Waals surface area (Å²) in [5.41, 5.74) is 0.634. The van der Waals surface area contributed by atoms with Crippen LogP contribution in [0.4, 0.5) is 0 Å². The quantitative estimate of drug-likeness (QED) is 0.386. The summed E-state index contributed by atoms with van der Waals surface area (Å²) in [6.07, 6.45) is 0. The number of Topliss-reactive ketones (excluding diaryl/α,β-unsaturated/α-hetero) is 1. The Morgan fingerprint density at radius 2 is 2.00 bits per heavy atom. The predicted octanol–water partition coefficient (Wildman–Crippen LogP) is 1.45. The lowest BCUT2D eigenvalue weighted by Crippen LogP contribution is -2.07. The fourth-order valence-corrected chi connectivity index (χ4v) is 0.820. The summed E-state index contributed by atoms with van der Waals surface area (Å²) in [6, 6.07) is 8.94. The van der Waals surface area contributed by atoms with E-state index in [1.165, 1.54) is 7.11 Å². The monoisotopic (exact) mass is 166 g/mol. The largest absolute Gasteiger partial charge is 0.291 e. The first-order valence-electron chi connectivity index (χ1n) is 3.58. The maximum Gasteiger partial charge on any atom is 0.191 e. The Morgan fingerprint density at radius 1 is 1.33 bits per heavy atom. The van der Waals surface area contributed by atoms with E-state index in [0.717, 1.165) is 0 Å². The summed E-state index contributed by atoms with van der Waals surface area (Å²) < 4.78 is 0. The SMILES string of the molecule is COOCC(=O)c1ccccc1. The summed E-state index contributed by atoms with van der Waals surface area (Å²) in [4.78, 5) is 20.0. The molecule has 0 saturated heterocycles. The van der Waals surface area contributed by atoms with Crippen LogP contribution < -0.4 is 0 Å². The number of rotatable bonds is 4. The van der Waals surface area contributed by atoms with Crippen LogP contribution in [0.25, 0.3) is 0 Å². The van der Waals surface area contributed by atoms with Crippen molar-refractivity contribution in [2.75, 3.05) is 13.7 Å². The number of hydrogen-bond donors (Lipinski definition) is 0. The number of benzene rings is 1. The molecule has 3 heteroatoms. The van der Waals surface area contributed by atoms with Crippen LogP contribution in [0.5, 0.6) is 0 Å². The molecule has 64 valence electrons. The molecule has 0 fully saturated rings. The van der Waals surface area contributed by atoms with Gasteiger partial charge < -0.3 is 0 Å². The zero-order chi connectivity index (χ0) is 8.81. The van der Waals surface area contributed by atoms with Gasteiger partial charge in [0.1, 0.15) is 6.61 Å². The Hall–Kier alpha value is -1.19. The highest BCUT2D eigenvalue weighted by Crippen LogP contribution is 1.99. The summed E-state index contributed by atoms with van der Waals surface area (Å²) in [5.74, 6) is -0.0857. The van der Waals surface area contributed by atoms with Gasteiger partial charge in [-0.2, -0.15) is 0 Å². The molecule has 0 aliphatic rings. The maximum absolute atomic E-state index is 11.2. The first-order chi connectivity index (χ1) is 5.84. The van der Waals surface area contributed by atoms with E-state index >= 15 is 0 Å². The van der Waals surface area contributed by atoms with E-state index in [2.05, 4.69) is 9.78 Å². The third-order valence-corrected chi connectivity index (χ3v) is 1.40. The van der Waals surface area contributed by atoms with E-state index in [1.807, 2.05) is 6.07 Å². The molecule has 1 aromatic rings. The molecular weight excluding hydrogens is 156 g/mol. The summed E-state index contributed by atoms with van der Waals surface area (Å²) in [5, 5.41) is 0. The second kappa shape index (κ2) is 4.64. The van der Waals surface area contributed by atoms with Crippen molar-refractivity contribution >= 4 is 5.78 Å². The molecule has 1 aromatic carbocycles. The molecule has 12 heavy (non-hydrogen) atoms. The van der Waals surface area contributed by atoms with Gasteiger partial charge in [-0.25, -0.2) is 9.78 Å². The van der Waals surface area contributed by atoms with E-state index in [4.69, 9.17) is 0 Å². The Balaban J connectivity index is 2.54. The molecule has 1 rings (SSSR count). The van der Waals surface area contributed by atoms with Crippen LogP contribution in [0, 0.1) is 0 Å². The van der Waals surface area contributed by atoms with Gasteiger partial charge in [0.2, 0.25) is 0 Å². The zero-order valence-corrected chi connectivity index (χ0v) is 6.82. The van der Waals surface area contributed by atoms with Crippen LogP contribution in [-0.4, -0.2) is 19.5 Å². The van der Waals surface area contributed by atoms with Gasteiger partial charge in [-0.05, 0) is 0 Å². The Kier molecular flexibility index (Phi) is 3.44. The highest BCUT2D eigenvalue weighted by atomic mass is 17.2. The van der Waals surface area contributed by atoms with Crippen molar-refractivity contribution < 1.29 is 14.6 Å². The average Bonchev–Trinajstić information content (AvgIpc) is 2.15. The fourth-order valence-electron chi connectivity index (χ4n) is 0.820. The molecule has 0 unspecified atom stereocenters. The average molecular weight is 166 g/mol. The molecular formula is C9H10O3. The van der Waals surface area contributed by atoms with Crippen molar-refractivity contribution in [2.45, 2.75) is 0 Å².